The lowest BCUT2D eigenvalue weighted by atomic mass is 10.0. The lowest BCUT2D eigenvalue weighted by molar-refractivity contribution is -0.131. The highest BCUT2D eigenvalue weighted by atomic mass is 16.3. The van der Waals surface area contributed by atoms with Crippen LogP contribution in [0.25, 0.3) is 0 Å². The van der Waals surface area contributed by atoms with Gasteiger partial charge in [-0.3, -0.25) is 4.79 Å². The van der Waals surface area contributed by atoms with E-state index < -0.39 is 24.2 Å². The summed E-state index contributed by atoms with van der Waals surface area (Å²) in [6.07, 6.45) is 47.8. The molecule has 0 aliphatic carbocycles. The van der Waals surface area contributed by atoms with E-state index in [-0.39, 0.29) is 6.61 Å². The van der Waals surface area contributed by atoms with E-state index >= 15 is 0 Å². The monoisotopic (exact) mass is 692 g/mol. The van der Waals surface area contributed by atoms with Crippen molar-refractivity contribution >= 4 is 5.91 Å². The maximum Gasteiger partial charge on any atom is 0.249 e. The van der Waals surface area contributed by atoms with Crippen molar-refractivity contribution in [2.45, 2.75) is 244 Å². The van der Waals surface area contributed by atoms with Crippen LogP contribution in [0.5, 0.6) is 0 Å². The summed E-state index contributed by atoms with van der Waals surface area (Å²) in [4.78, 5) is 12.4. The van der Waals surface area contributed by atoms with Crippen molar-refractivity contribution in [2.24, 2.45) is 0 Å². The molecule has 0 saturated heterocycles. The van der Waals surface area contributed by atoms with Crippen molar-refractivity contribution in [3.8, 4) is 0 Å². The molecule has 3 unspecified atom stereocenters. The molecule has 290 valence electrons. The number of allylic oxidation sites excluding steroid dienone is 3. The molecule has 0 aromatic carbocycles. The van der Waals surface area contributed by atoms with Crippen LogP contribution in [0.1, 0.15) is 226 Å². The zero-order valence-electron chi connectivity index (χ0n) is 32.8. The molecule has 0 aliphatic heterocycles. The average Bonchev–Trinajstić information content (AvgIpc) is 3.11. The first-order chi connectivity index (χ1) is 24.1. The first-order valence-corrected chi connectivity index (χ1v) is 21.7. The van der Waals surface area contributed by atoms with Gasteiger partial charge in [0.1, 0.15) is 6.10 Å². The van der Waals surface area contributed by atoms with E-state index in [1.165, 1.54) is 161 Å². The molecule has 49 heavy (non-hydrogen) atoms. The molecule has 0 spiro atoms. The van der Waals surface area contributed by atoms with E-state index in [0.29, 0.717) is 6.42 Å². The fraction of sp³-hybridized carbons (Fsp3) is 0.886. The minimum Gasteiger partial charge on any atom is -0.394 e. The molecule has 5 nitrogen and oxygen atoms in total. The van der Waals surface area contributed by atoms with E-state index in [4.69, 9.17) is 0 Å². The summed E-state index contributed by atoms with van der Waals surface area (Å²) in [7, 11) is 0. The van der Waals surface area contributed by atoms with Crippen molar-refractivity contribution in [2.75, 3.05) is 6.61 Å². The van der Waals surface area contributed by atoms with Gasteiger partial charge in [-0.2, -0.15) is 0 Å². The number of carbonyl (C=O) groups excluding carboxylic acids is 1. The highest BCUT2D eigenvalue weighted by Crippen LogP contribution is 2.15. The van der Waals surface area contributed by atoms with Gasteiger partial charge in [0.15, 0.2) is 0 Å². The Balaban J connectivity index is 3.68. The zero-order chi connectivity index (χ0) is 35.9. The average molecular weight is 692 g/mol. The van der Waals surface area contributed by atoms with Crippen molar-refractivity contribution in [1.29, 1.82) is 0 Å². The topological polar surface area (TPSA) is 89.8 Å². The molecule has 1 amide bonds. The molecule has 0 radical (unpaired) electrons. The summed E-state index contributed by atoms with van der Waals surface area (Å²) in [5.74, 6) is -0.511. The molecule has 0 rings (SSSR count). The summed E-state index contributed by atoms with van der Waals surface area (Å²) < 4.78 is 0. The second-order valence-corrected chi connectivity index (χ2v) is 14.9. The van der Waals surface area contributed by atoms with Crippen molar-refractivity contribution in [3.05, 3.63) is 24.3 Å². The molecule has 0 saturated carbocycles. The third-order valence-electron chi connectivity index (χ3n) is 10.0. The van der Waals surface area contributed by atoms with E-state index in [1.54, 1.807) is 6.08 Å². The Morgan fingerprint density at radius 1 is 0.490 bits per heavy atom. The molecular weight excluding hydrogens is 606 g/mol. The molecular formula is C44H85NO4. The first-order valence-electron chi connectivity index (χ1n) is 21.7. The SMILES string of the molecule is CCCCCCCCC/C=C\CCCCCCC(O)C(=O)NC(CO)C(O)/C=C/CCCCCCCCCCCCCCCCCCCC. The Hall–Kier alpha value is -1.17. The van der Waals surface area contributed by atoms with E-state index in [1.807, 2.05) is 6.08 Å². The maximum atomic E-state index is 12.4. The van der Waals surface area contributed by atoms with Gasteiger partial charge in [-0.05, 0) is 44.9 Å². The van der Waals surface area contributed by atoms with Crippen LogP contribution in [-0.2, 0) is 4.79 Å². The molecule has 0 aliphatic rings. The molecule has 5 heteroatoms. The smallest absolute Gasteiger partial charge is 0.249 e. The maximum absolute atomic E-state index is 12.4. The minimum atomic E-state index is -1.10. The van der Waals surface area contributed by atoms with Gasteiger partial charge in [0.25, 0.3) is 0 Å². The number of hydrogen-bond donors (Lipinski definition) is 4. The van der Waals surface area contributed by atoms with Crippen molar-refractivity contribution in [1.82, 2.24) is 5.32 Å². The number of rotatable bonds is 39. The Labute approximate surface area is 305 Å². The van der Waals surface area contributed by atoms with Gasteiger partial charge in [-0.15, -0.1) is 0 Å². The number of nitrogens with one attached hydrogen (secondary N) is 1. The van der Waals surface area contributed by atoms with Crippen LogP contribution >= 0.6 is 0 Å². The third kappa shape index (κ3) is 35.0. The predicted molar refractivity (Wildman–Crippen MR) is 213 cm³/mol. The van der Waals surface area contributed by atoms with Crippen LogP contribution in [0.15, 0.2) is 24.3 Å². The number of aliphatic hydroxyl groups is 3. The molecule has 0 fully saturated rings. The van der Waals surface area contributed by atoms with Gasteiger partial charge in [0.2, 0.25) is 5.91 Å². The largest absolute Gasteiger partial charge is 0.394 e. The zero-order valence-corrected chi connectivity index (χ0v) is 32.8. The summed E-state index contributed by atoms with van der Waals surface area (Å²) in [5, 5.41) is 33.1. The van der Waals surface area contributed by atoms with Crippen LogP contribution in [0.2, 0.25) is 0 Å². The van der Waals surface area contributed by atoms with E-state index in [0.717, 1.165) is 44.9 Å². The van der Waals surface area contributed by atoms with Gasteiger partial charge in [0, 0.05) is 0 Å². The number of amides is 1. The number of unbranched alkanes of at least 4 members (excludes halogenated alkanes) is 29. The number of carbonyl (C=O) groups is 1. The quantitative estimate of drug-likeness (QED) is 0.0381. The standard InChI is InChI=1S/C44H85NO4/c1-3-5-7-9-11-13-15-17-19-20-21-22-23-25-26-28-30-32-34-36-38-42(47)41(40-46)45-44(49)43(48)39-37-35-33-31-29-27-24-18-16-14-12-10-8-6-4-2/h24,27,36,38,41-43,46-48H,3-23,25-26,28-35,37,39-40H2,1-2H3,(H,45,49)/b27-24-,38-36+. The fourth-order valence-corrected chi connectivity index (χ4v) is 6.59. The summed E-state index contributed by atoms with van der Waals surface area (Å²) in [6, 6.07) is -0.799. The van der Waals surface area contributed by atoms with E-state index in [2.05, 4.69) is 31.3 Å². The van der Waals surface area contributed by atoms with Gasteiger partial charge >= 0.3 is 0 Å². The molecule has 0 aromatic rings. The Kier molecular flexibility index (Phi) is 38.7. The summed E-state index contributed by atoms with van der Waals surface area (Å²) in [6.45, 7) is 4.18. The van der Waals surface area contributed by atoms with Crippen molar-refractivity contribution < 1.29 is 20.1 Å². The number of aliphatic hydroxyl groups excluding tert-OH is 3. The Morgan fingerprint density at radius 2 is 0.816 bits per heavy atom. The second-order valence-electron chi connectivity index (χ2n) is 14.9. The normalized spacial score (nSPS) is 13.8. The Morgan fingerprint density at radius 3 is 1.18 bits per heavy atom. The molecule has 3 atom stereocenters. The molecule has 0 aromatic heterocycles. The molecule has 0 bridgehead atoms. The van der Waals surface area contributed by atoms with Gasteiger partial charge in [-0.1, -0.05) is 205 Å². The first kappa shape index (κ1) is 47.8. The van der Waals surface area contributed by atoms with Crippen LogP contribution in [-0.4, -0.2) is 46.1 Å². The van der Waals surface area contributed by atoms with Gasteiger partial charge < -0.3 is 20.6 Å². The van der Waals surface area contributed by atoms with Crippen LogP contribution < -0.4 is 5.32 Å². The lowest BCUT2D eigenvalue weighted by Gasteiger charge is -2.21. The van der Waals surface area contributed by atoms with Crippen molar-refractivity contribution in [3.63, 3.8) is 0 Å². The molecule has 0 heterocycles. The van der Waals surface area contributed by atoms with Gasteiger partial charge in [-0.25, -0.2) is 0 Å². The fourth-order valence-electron chi connectivity index (χ4n) is 6.59. The van der Waals surface area contributed by atoms with Crippen LogP contribution in [0, 0.1) is 0 Å². The van der Waals surface area contributed by atoms with Gasteiger partial charge in [0.05, 0.1) is 18.8 Å². The summed E-state index contributed by atoms with van der Waals surface area (Å²) >= 11 is 0. The summed E-state index contributed by atoms with van der Waals surface area (Å²) in [5.41, 5.74) is 0. The minimum absolute atomic E-state index is 0.365. The highest BCUT2D eigenvalue weighted by molar-refractivity contribution is 5.80. The second kappa shape index (κ2) is 39.6. The third-order valence-corrected chi connectivity index (χ3v) is 10.0. The number of hydrogen-bond acceptors (Lipinski definition) is 4. The Bertz CT molecular complexity index is 724. The lowest BCUT2D eigenvalue weighted by Crippen LogP contribution is -2.48. The highest BCUT2D eigenvalue weighted by Gasteiger charge is 2.22. The van der Waals surface area contributed by atoms with Crippen LogP contribution in [0.4, 0.5) is 0 Å². The predicted octanol–water partition coefficient (Wildman–Crippen LogP) is 12.2. The van der Waals surface area contributed by atoms with E-state index in [9.17, 15) is 20.1 Å². The molecule has 4 N–H and O–H groups in total. The van der Waals surface area contributed by atoms with Crippen LogP contribution in [0.3, 0.4) is 0 Å².